The minimum atomic E-state index is -0.320. The maximum Gasteiger partial charge on any atom is 0.244 e. The van der Waals surface area contributed by atoms with Gasteiger partial charge in [-0.2, -0.15) is 0 Å². The number of amides is 1. The van der Waals surface area contributed by atoms with E-state index in [1.807, 2.05) is 11.8 Å². The highest BCUT2D eigenvalue weighted by atomic mass is 79.9. The van der Waals surface area contributed by atoms with E-state index < -0.39 is 0 Å². The van der Waals surface area contributed by atoms with E-state index in [0.717, 1.165) is 23.3 Å². The Hall–Kier alpha value is -1.21. The van der Waals surface area contributed by atoms with Crippen LogP contribution >= 0.6 is 15.9 Å². The fraction of sp³-hybridized carbons (Fsp3) is 0.643. The maximum atomic E-state index is 12.4. The molecule has 2 heterocycles. The Labute approximate surface area is 133 Å². The number of hydrogen-bond acceptors (Lipinski definition) is 5. The van der Waals surface area contributed by atoms with Crippen LogP contribution in [-0.2, 0) is 16.0 Å². The number of carbonyl (C=O) groups excluding carboxylic acids is 1. The number of nitrogens with one attached hydrogen (secondary N) is 1. The summed E-state index contributed by atoms with van der Waals surface area (Å²) in [6, 6.07) is 1.47. The number of ether oxygens (including phenoxy) is 1. The first kappa shape index (κ1) is 16.2. The molecular weight excluding hydrogens is 336 g/mol. The van der Waals surface area contributed by atoms with E-state index in [1.165, 1.54) is 0 Å². The van der Waals surface area contributed by atoms with E-state index in [1.54, 1.807) is 6.07 Å². The van der Waals surface area contributed by atoms with Crippen molar-refractivity contribution in [2.75, 3.05) is 31.6 Å². The Balaban J connectivity index is 2.01. The van der Waals surface area contributed by atoms with Crippen LogP contribution in [0.5, 0.6) is 0 Å². The average molecular weight is 357 g/mol. The highest BCUT2D eigenvalue weighted by Crippen LogP contribution is 2.15. The van der Waals surface area contributed by atoms with Crippen molar-refractivity contribution in [1.82, 2.24) is 14.9 Å². The third-order valence-corrected chi connectivity index (χ3v) is 3.68. The van der Waals surface area contributed by atoms with E-state index in [2.05, 4.69) is 38.1 Å². The molecule has 1 fully saturated rings. The zero-order valence-electron chi connectivity index (χ0n) is 12.4. The Kier molecular flexibility index (Phi) is 5.93. The SMILES string of the molecule is CCCc1nc(Br)cc(NC(C)C(=O)N2CCOCC2)n1. The highest BCUT2D eigenvalue weighted by Gasteiger charge is 2.22. The van der Waals surface area contributed by atoms with Crippen LogP contribution in [0.2, 0.25) is 0 Å². The summed E-state index contributed by atoms with van der Waals surface area (Å²) < 4.78 is 6.00. The third-order valence-electron chi connectivity index (χ3n) is 3.27. The molecule has 0 saturated carbocycles. The number of aromatic nitrogens is 2. The lowest BCUT2D eigenvalue weighted by Gasteiger charge is -2.29. The molecule has 1 aromatic rings. The first-order valence-corrected chi connectivity index (χ1v) is 8.06. The van der Waals surface area contributed by atoms with Crippen LogP contribution in [0, 0.1) is 0 Å². The van der Waals surface area contributed by atoms with Crippen LogP contribution in [-0.4, -0.2) is 53.1 Å². The van der Waals surface area contributed by atoms with Crippen LogP contribution < -0.4 is 5.32 Å². The molecule has 0 aromatic carbocycles. The molecule has 0 spiro atoms. The molecule has 1 saturated heterocycles. The summed E-state index contributed by atoms with van der Waals surface area (Å²) in [6.45, 7) is 6.46. The molecule has 7 heteroatoms. The number of hydrogen-bond donors (Lipinski definition) is 1. The molecule has 1 aromatic heterocycles. The fourth-order valence-corrected chi connectivity index (χ4v) is 2.64. The fourth-order valence-electron chi connectivity index (χ4n) is 2.22. The zero-order chi connectivity index (χ0) is 15.2. The molecule has 0 radical (unpaired) electrons. The number of anilines is 1. The van der Waals surface area contributed by atoms with Crippen LogP contribution in [0.15, 0.2) is 10.7 Å². The summed E-state index contributed by atoms with van der Waals surface area (Å²) in [5, 5.41) is 3.17. The molecule has 2 rings (SSSR count). The van der Waals surface area contributed by atoms with Crippen LogP contribution in [0.3, 0.4) is 0 Å². The standard InChI is InChI=1S/C14H21BrN4O2/c1-3-4-12-17-11(15)9-13(18-12)16-10(2)14(20)19-5-7-21-8-6-19/h9-10H,3-8H2,1-2H3,(H,16,17,18). The third kappa shape index (κ3) is 4.64. The lowest BCUT2D eigenvalue weighted by molar-refractivity contribution is -0.135. The van der Waals surface area contributed by atoms with Gasteiger partial charge in [0.25, 0.3) is 0 Å². The van der Waals surface area contributed by atoms with E-state index in [9.17, 15) is 4.79 Å². The second-order valence-electron chi connectivity index (χ2n) is 5.05. The van der Waals surface area contributed by atoms with Crippen molar-refractivity contribution in [2.24, 2.45) is 0 Å². The number of rotatable bonds is 5. The van der Waals surface area contributed by atoms with Gasteiger partial charge < -0.3 is 15.0 Å². The first-order chi connectivity index (χ1) is 10.1. The van der Waals surface area contributed by atoms with Gasteiger partial charge in [-0.15, -0.1) is 0 Å². The summed E-state index contributed by atoms with van der Waals surface area (Å²) in [5.74, 6) is 1.53. The molecule has 116 valence electrons. The number of morpholine rings is 1. The number of aryl methyl sites for hydroxylation is 1. The minimum Gasteiger partial charge on any atom is -0.378 e. The van der Waals surface area contributed by atoms with Gasteiger partial charge >= 0.3 is 0 Å². The summed E-state index contributed by atoms with van der Waals surface area (Å²) in [6.07, 6.45) is 1.80. The van der Waals surface area contributed by atoms with Crippen LogP contribution in [0.25, 0.3) is 0 Å². The number of halogens is 1. The Bertz CT molecular complexity index is 492. The summed E-state index contributed by atoms with van der Waals surface area (Å²) in [5.41, 5.74) is 0. The predicted molar refractivity (Wildman–Crippen MR) is 84.2 cm³/mol. The smallest absolute Gasteiger partial charge is 0.244 e. The van der Waals surface area contributed by atoms with Crippen molar-refractivity contribution in [3.8, 4) is 0 Å². The number of nitrogens with zero attached hydrogens (tertiary/aromatic N) is 3. The van der Waals surface area contributed by atoms with Crippen LogP contribution in [0.1, 0.15) is 26.1 Å². The molecule has 1 atom stereocenters. The minimum absolute atomic E-state index is 0.0741. The Morgan fingerprint density at radius 1 is 1.48 bits per heavy atom. The molecule has 0 aliphatic carbocycles. The van der Waals surface area contributed by atoms with E-state index in [0.29, 0.717) is 32.1 Å². The van der Waals surface area contributed by atoms with Crippen LogP contribution in [0.4, 0.5) is 5.82 Å². The lowest BCUT2D eigenvalue weighted by atomic mass is 10.2. The molecule has 1 amide bonds. The van der Waals surface area contributed by atoms with Gasteiger partial charge in [0.15, 0.2) is 0 Å². The monoisotopic (exact) mass is 356 g/mol. The van der Waals surface area contributed by atoms with E-state index in [4.69, 9.17) is 4.74 Å². The maximum absolute atomic E-state index is 12.4. The van der Waals surface area contributed by atoms with Gasteiger partial charge in [-0.3, -0.25) is 4.79 Å². The topological polar surface area (TPSA) is 67.4 Å². The molecule has 1 aliphatic rings. The molecule has 21 heavy (non-hydrogen) atoms. The van der Waals surface area contributed by atoms with Gasteiger partial charge in [-0.05, 0) is 29.3 Å². The van der Waals surface area contributed by atoms with Crippen molar-refractivity contribution in [3.05, 3.63) is 16.5 Å². The molecular formula is C14H21BrN4O2. The van der Waals surface area contributed by atoms with Crippen molar-refractivity contribution in [1.29, 1.82) is 0 Å². The summed E-state index contributed by atoms with van der Waals surface area (Å²) in [4.78, 5) is 22.9. The summed E-state index contributed by atoms with van der Waals surface area (Å²) in [7, 11) is 0. The first-order valence-electron chi connectivity index (χ1n) is 7.26. The zero-order valence-corrected chi connectivity index (χ0v) is 14.0. The normalized spacial score (nSPS) is 16.6. The molecule has 1 unspecified atom stereocenters. The predicted octanol–water partition coefficient (Wildman–Crippen LogP) is 1.85. The van der Waals surface area contributed by atoms with Crippen molar-refractivity contribution in [2.45, 2.75) is 32.7 Å². The van der Waals surface area contributed by atoms with Gasteiger partial charge in [-0.25, -0.2) is 9.97 Å². The molecule has 1 N–H and O–H groups in total. The molecule has 6 nitrogen and oxygen atoms in total. The van der Waals surface area contributed by atoms with Gasteiger partial charge in [0, 0.05) is 25.6 Å². The second kappa shape index (κ2) is 7.70. The van der Waals surface area contributed by atoms with E-state index in [-0.39, 0.29) is 11.9 Å². The van der Waals surface area contributed by atoms with Crippen molar-refractivity contribution < 1.29 is 9.53 Å². The largest absolute Gasteiger partial charge is 0.378 e. The van der Waals surface area contributed by atoms with Gasteiger partial charge in [0.1, 0.15) is 22.3 Å². The molecule has 0 bridgehead atoms. The van der Waals surface area contributed by atoms with Gasteiger partial charge in [0.2, 0.25) is 5.91 Å². The second-order valence-corrected chi connectivity index (χ2v) is 5.86. The highest BCUT2D eigenvalue weighted by molar-refractivity contribution is 9.10. The van der Waals surface area contributed by atoms with Gasteiger partial charge in [0.05, 0.1) is 13.2 Å². The summed E-state index contributed by atoms with van der Waals surface area (Å²) >= 11 is 3.38. The number of carbonyl (C=O) groups is 1. The average Bonchev–Trinajstić information content (AvgIpc) is 2.47. The Morgan fingerprint density at radius 3 is 2.86 bits per heavy atom. The van der Waals surface area contributed by atoms with Gasteiger partial charge in [-0.1, -0.05) is 6.92 Å². The lowest BCUT2D eigenvalue weighted by Crippen LogP contribution is -2.47. The van der Waals surface area contributed by atoms with Crippen molar-refractivity contribution >= 4 is 27.7 Å². The van der Waals surface area contributed by atoms with Crippen molar-refractivity contribution in [3.63, 3.8) is 0 Å². The molecule has 1 aliphatic heterocycles. The Morgan fingerprint density at radius 2 is 2.19 bits per heavy atom. The quantitative estimate of drug-likeness (QED) is 0.815. The van der Waals surface area contributed by atoms with E-state index >= 15 is 0 Å².